The average molecular weight is 397 g/mol. The summed E-state index contributed by atoms with van der Waals surface area (Å²) in [6.45, 7) is 5.66. The van der Waals surface area contributed by atoms with Crippen molar-refractivity contribution in [3.8, 4) is 0 Å². The van der Waals surface area contributed by atoms with Crippen molar-refractivity contribution in [2.75, 3.05) is 0 Å². The van der Waals surface area contributed by atoms with E-state index in [0.717, 1.165) is 24.0 Å². The summed E-state index contributed by atoms with van der Waals surface area (Å²) in [5, 5.41) is 0. The number of hydrogen-bond donors (Lipinski definition) is 0. The lowest BCUT2D eigenvalue weighted by Gasteiger charge is -2.03. The minimum atomic E-state index is 0.685. The van der Waals surface area contributed by atoms with Gasteiger partial charge in [-0.05, 0) is 47.3 Å². The Hall–Kier alpha value is -3.26. The molecule has 0 saturated heterocycles. The molecule has 0 bridgehead atoms. The minimum Gasteiger partial charge on any atom is -0.288 e. The summed E-state index contributed by atoms with van der Waals surface area (Å²) < 4.78 is 0. The third-order valence-electron chi connectivity index (χ3n) is 4.35. The van der Waals surface area contributed by atoms with E-state index in [1.54, 1.807) is 0 Å². The molecule has 2 aromatic carbocycles. The topological polar surface area (TPSA) is 24.7 Å². The molecule has 0 spiro atoms. The first-order valence-corrected chi connectivity index (χ1v) is 10.6. The van der Waals surface area contributed by atoms with Gasteiger partial charge in [0.05, 0.1) is 13.1 Å². The summed E-state index contributed by atoms with van der Waals surface area (Å²) in [5.74, 6) is 0. The van der Waals surface area contributed by atoms with Crippen molar-refractivity contribution in [3.63, 3.8) is 0 Å². The van der Waals surface area contributed by atoms with Gasteiger partial charge in [-0.1, -0.05) is 98.8 Å². The third-order valence-corrected chi connectivity index (χ3v) is 4.35. The molecular weight excluding hydrogens is 364 g/mol. The Kier molecular flexibility index (Phi) is 11.3. The second kappa shape index (κ2) is 14.7. The fraction of sp³-hybridized carbons (Fsp3) is 0.214. The van der Waals surface area contributed by atoms with E-state index in [0.29, 0.717) is 13.1 Å². The van der Waals surface area contributed by atoms with Crippen molar-refractivity contribution >= 4 is 12.4 Å². The molecule has 0 amide bonds. The monoisotopic (exact) mass is 396 g/mol. The molecule has 0 atom stereocenters. The van der Waals surface area contributed by atoms with E-state index in [2.05, 4.69) is 84.6 Å². The van der Waals surface area contributed by atoms with Crippen molar-refractivity contribution in [2.24, 2.45) is 9.98 Å². The van der Waals surface area contributed by atoms with Crippen molar-refractivity contribution in [1.29, 1.82) is 0 Å². The molecular formula is C28H32N2. The Bertz CT molecular complexity index is 821. The van der Waals surface area contributed by atoms with Gasteiger partial charge in [-0.3, -0.25) is 9.98 Å². The Morgan fingerprint density at radius 1 is 0.633 bits per heavy atom. The molecule has 0 radical (unpaired) electrons. The molecule has 2 nitrogen and oxygen atoms in total. The first-order chi connectivity index (χ1) is 14.8. The van der Waals surface area contributed by atoms with E-state index in [-0.39, 0.29) is 0 Å². The molecule has 0 saturated carbocycles. The average Bonchev–Trinajstić information content (AvgIpc) is 2.80. The molecule has 30 heavy (non-hydrogen) atoms. The zero-order chi connectivity index (χ0) is 21.3. The molecule has 2 heteroatoms. The molecule has 0 aliphatic rings. The van der Waals surface area contributed by atoms with Crippen molar-refractivity contribution in [2.45, 2.75) is 39.8 Å². The van der Waals surface area contributed by atoms with Crippen LogP contribution in [0.4, 0.5) is 0 Å². The molecule has 0 aromatic heterocycles. The predicted octanol–water partition coefficient (Wildman–Crippen LogP) is 7.31. The van der Waals surface area contributed by atoms with Gasteiger partial charge < -0.3 is 0 Å². The highest BCUT2D eigenvalue weighted by atomic mass is 14.7. The minimum absolute atomic E-state index is 0.685. The largest absolute Gasteiger partial charge is 0.288 e. The molecule has 0 N–H and O–H groups in total. The van der Waals surface area contributed by atoms with Gasteiger partial charge in [0.2, 0.25) is 0 Å². The van der Waals surface area contributed by atoms with Crippen LogP contribution in [0, 0.1) is 0 Å². The standard InChI is InChI=1S/C28H32N2/c1-3-5-17-27(19-21-29-23-25-13-9-7-10-14-25)28(18-6-4-2)20-22-30-24-26-15-11-8-12-16-26/h5-22H,3-4,23-24H2,1-2H3/b17-5-,18-6-,27-19-,28-20-,29-21+,30-22+. The van der Waals surface area contributed by atoms with Crippen molar-refractivity contribution in [3.05, 3.63) is 119 Å². The summed E-state index contributed by atoms with van der Waals surface area (Å²) in [6, 6.07) is 20.6. The molecule has 0 unspecified atom stereocenters. The molecule has 2 aromatic rings. The van der Waals surface area contributed by atoms with Crippen LogP contribution in [0.3, 0.4) is 0 Å². The van der Waals surface area contributed by atoms with Crippen LogP contribution in [0.2, 0.25) is 0 Å². The Morgan fingerprint density at radius 2 is 1.03 bits per heavy atom. The fourth-order valence-corrected chi connectivity index (χ4v) is 2.73. The number of rotatable bonds is 11. The molecule has 154 valence electrons. The number of allylic oxidation sites excluding steroid dienone is 8. The van der Waals surface area contributed by atoms with Gasteiger partial charge in [-0.15, -0.1) is 0 Å². The van der Waals surface area contributed by atoms with Gasteiger partial charge in [0.15, 0.2) is 0 Å². The highest BCUT2D eigenvalue weighted by Crippen LogP contribution is 2.14. The van der Waals surface area contributed by atoms with Crippen molar-refractivity contribution in [1.82, 2.24) is 0 Å². The van der Waals surface area contributed by atoms with Crippen LogP contribution in [0.5, 0.6) is 0 Å². The van der Waals surface area contributed by atoms with Gasteiger partial charge >= 0.3 is 0 Å². The van der Waals surface area contributed by atoms with E-state index in [9.17, 15) is 0 Å². The van der Waals surface area contributed by atoms with Gasteiger partial charge in [-0.25, -0.2) is 0 Å². The van der Waals surface area contributed by atoms with Gasteiger partial charge in [0.25, 0.3) is 0 Å². The number of benzene rings is 2. The molecule has 0 aliphatic carbocycles. The van der Waals surface area contributed by atoms with E-state index < -0.39 is 0 Å². The maximum Gasteiger partial charge on any atom is 0.0639 e. The van der Waals surface area contributed by atoms with Crippen LogP contribution in [0.25, 0.3) is 0 Å². The Morgan fingerprint density at radius 3 is 1.40 bits per heavy atom. The zero-order valence-electron chi connectivity index (χ0n) is 18.1. The lowest BCUT2D eigenvalue weighted by Crippen LogP contribution is -1.88. The number of nitrogens with zero attached hydrogens (tertiary/aromatic N) is 2. The van der Waals surface area contributed by atoms with E-state index in [1.807, 2.05) is 48.8 Å². The van der Waals surface area contributed by atoms with Crippen LogP contribution in [0.1, 0.15) is 37.8 Å². The molecule has 0 fully saturated rings. The smallest absolute Gasteiger partial charge is 0.0639 e. The van der Waals surface area contributed by atoms with E-state index in [1.165, 1.54) is 11.1 Å². The predicted molar refractivity (Wildman–Crippen MR) is 132 cm³/mol. The van der Waals surface area contributed by atoms with E-state index in [4.69, 9.17) is 0 Å². The first kappa shape index (κ1) is 23.0. The summed E-state index contributed by atoms with van der Waals surface area (Å²) in [6.07, 6.45) is 18.6. The summed E-state index contributed by atoms with van der Waals surface area (Å²) in [4.78, 5) is 9.14. The van der Waals surface area contributed by atoms with Gasteiger partial charge in [0, 0.05) is 12.4 Å². The Balaban J connectivity index is 2.16. The Labute approximate surface area is 181 Å². The second-order valence-corrected chi connectivity index (χ2v) is 6.82. The van der Waals surface area contributed by atoms with Gasteiger partial charge in [-0.2, -0.15) is 0 Å². The SMILES string of the molecule is CC\C=C/C(=C/C=N/Cc1ccccc1)C(/C=C\CC)=C\C=N\Cc1ccccc1. The number of aliphatic imine (C=N–C) groups is 2. The second-order valence-electron chi connectivity index (χ2n) is 6.82. The molecule has 0 aliphatic heterocycles. The van der Waals surface area contributed by atoms with Crippen LogP contribution >= 0.6 is 0 Å². The molecule has 2 rings (SSSR count). The van der Waals surface area contributed by atoms with Crippen molar-refractivity contribution < 1.29 is 0 Å². The fourth-order valence-electron chi connectivity index (χ4n) is 2.73. The lowest BCUT2D eigenvalue weighted by molar-refractivity contribution is 1.08. The summed E-state index contributed by atoms with van der Waals surface area (Å²) in [5.41, 5.74) is 4.68. The summed E-state index contributed by atoms with van der Waals surface area (Å²) in [7, 11) is 0. The lowest BCUT2D eigenvalue weighted by atomic mass is 10.0. The maximum atomic E-state index is 4.57. The van der Waals surface area contributed by atoms with Crippen LogP contribution in [-0.2, 0) is 13.1 Å². The van der Waals surface area contributed by atoms with Crippen LogP contribution in [-0.4, -0.2) is 12.4 Å². The number of hydrogen-bond acceptors (Lipinski definition) is 2. The highest BCUT2D eigenvalue weighted by molar-refractivity contribution is 5.79. The third kappa shape index (κ3) is 9.29. The highest BCUT2D eigenvalue weighted by Gasteiger charge is 1.97. The quantitative estimate of drug-likeness (QED) is 0.281. The normalized spacial score (nSPS) is 13.4. The van der Waals surface area contributed by atoms with E-state index >= 15 is 0 Å². The van der Waals surface area contributed by atoms with Gasteiger partial charge in [0.1, 0.15) is 0 Å². The summed E-state index contributed by atoms with van der Waals surface area (Å²) >= 11 is 0. The zero-order valence-corrected chi connectivity index (χ0v) is 18.1. The van der Waals surface area contributed by atoms with Crippen LogP contribution < -0.4 is 0 Å². The van der Waals surface area contributed by atoms with Crippen LogP contribution in [0.15, 0.2) is 118 Å². The first-order valence-electron chi connectivity index (χ1n) is 10.6. The maximum absolute atomic E-state index is 4.57. The molecule has 0 heterocycles.